The molecular formula is C10H9BrN2O. The van der Waals surface area contributed by atoms with E-state index >= 15 is 0 Å². The van der Waals surface area contributed by atoms with E-state index in [0.717, 1.165) is 4.47 Å². The van der Waals surface area contributed by atoms with Gasteiger partial charge in [-0.15, -0.1) is 0 Å². The lowest BCUT2D eigenvalue weighted by Crippen LogP contribution is -2.22. The maximum Gasteiger partial charge on any atom is 0.254 e. The van der Waals surface area contributed by atoms with E-state index in [0.29, 0.717) is 11.1 Å². The van der Waals surface area contributed by atoms with Crippen LogP contribution in [-0.4, -0.2) is 24.9 Å². The van der Waals surface area contributed by atoms with Crippen LogP contribution in [0.1, 0.15) is 15.9 Å². The van der Waals surface area contributed by atoms with Crippen molar-refractivity contribution in [2.24, 2.45) is 0 Å². The van der Waals surface area contributed by atoms with Crippen LogP contribution >= 0.6 is 15.9 Å². The van der Waals surface area contributed by atoms with Crippen molar-refractivity contribution in [3.63, 3.8) is 0 Å². The number of rotatable bonds is 1. The summed E-state index contributed by atoms with van der Waals surface area (Å²) in [6.45, 7) is 0. The molecule has 0 atom stereocenters. The molecular weight excluding hydrogens is 244 g/mol. The molecule has 0 saturated carbocycles. The Bertz CT molecular complexity index is 407. The fraction of sp³-hybridized carbons (Fsp3) is 0.200. The molecule has 0 unspecified atom stereocenters. The molecule has 1 aromatic carbocycles. The van der Waals surface area contributed by atoms with Gasteiger partial charge in [-0.2, -0.15) is 5.26 Å². The van der Waals surface area contributed by atoms with Gasteiger partial charge in [0, 0.05) is 18.6 Å². The summed E-state index contributed by atoms with van der Waals surface area (Å²) in [5.41, 5.74) is 0.818. The van der Waals surface area contributed by atoms with Crippen LogP contribution in [0.3, 0.4) is 0 Å². The molecule has 0 radical (unpaired) electrons. The highest BCUT2D eigenvalue weighted by molar-refractivity contribution is 9.10. The largest absolute Gasteiger partial charge is 0.345 e. The Morgan fingerprint density at radius 3 is 2.64 bits per heavy atom. The van der Waals surface area contributed by atoms with Crippen LogP contribution in [0.25, 0.3) is 0 Å². The first-order valence-corrected chi connectivity index (χ1v) is 4.77. The van der Waals surface area contributed by atoms with Crippen LogP contribution in [-0.2, 0) is 0 Å². The van der Waals surface area contributed by atoms with Gasteiger partial charge in [0.2, 0.25) is 0 Å². The van der Waals surface area contributed by atoms with Crippen molar-refractivity contribution in [3.05, 3.63) is 33.8 Å². The SMILES string of the molecule is CN(C)C(=O)c1ccc(Br)cc1C#N. The van der Waals surface area contributed by atoms with E-state index in [9.17, 15) is 4.79 Å². The number of hydrogen-bond acceptors (Lipinski definition) is 2. The minimum Gasteiger partial charge on any atom is -0.345 e. The van der Waals surface area contributed by atoms with Gasteiger partial charge in [-0.1, -0.05) is 15.9 Å². The zero-order chi connectivity index (χ0) is 10.7. The smallest absolute Gasteiger partial charge is 0.254 e. The summed E-state index contributed by atoms with van der Waals surface area (Å²) >= 11 is 3.25. The first-order valence-electron chi connectivity index (χ1n) is 3.97. The van der Waals surface area contributed by atoms with Gasteiger partial charge in [-0.05, 0) is 18.2 Å². The maximum absolute atomic E-state index is 11.6. The average Bonchev–Trinajstić information content (AvgIpc) is 2.16. The van der Waals surface area contributed by atoms with Crippen LogP contribution in [0.4, 0.5) is 0 Å². The second kappa shape index (κ2) is 4.25. The van der Waals surface area contributed by atoms with Gasteiger partial charge in [0.15, 0.2) is 0 Å². The van der Waals surface area contributed by atoms with Crippen molar-refractivity contribution in [3.8, 4) is 6.07 Å². The molecule has 3 nitrogen and oxygen atoms in total. The second-order valence-electron chi connectivity index (χ2n) is 3.00. The normalized spacial score (nSPS) is 9.29. The van der Waals surface area contributed by atoms with Crippen LogP contribution in [0, 0.1) is 11.3 Å². The van der Waals surface area contributed by atoms with Crippen LogP contribution in [0.5, 0.6) is 0 Å². The van der Waals surface area contributed by atoms with E-state index in [-0.39, 0.29) is 5.91 Å². The Hall–Kier alpha value is -1.34. The summed E-state index contributed by atoms with van der Waals surface area (Å²) in [4.78, 5) is 13.0. The Morgan fingerprint density at radius 2 is 2.14 bits per heavy atom. The highest BCUT2D eigenvalue weighted by Crippen LogP contribution is 2.16. The number of amides is 1. The van der Waals surface area contributed by atoms with Crippen molar-refractivity contribution >= 4 is 21.8 Å². The van der Waals surface area contributed by atoms with Gasteiger partial charge in [0.1, 0.15) is 0 Å². The standard InChI is InChI=1S/C10H9BrN2O/c1-13(2)10(14)9-4-3-8(11)5-7(9)6-12/h3-5H,1-2H3. The van der Waals surface area contributed by atoms with E-state index < -0.39 is 0 Å². The average molecular weight is 253 g/mol. The van der Waals surface area contributed by atoms with Crippen molar-refractivity contribution in [2.45, 2.75) is 0 Å². The summed E-state index contributed by atoms with van der Waals surface area (Å²) in [7, 11) is 3.32. The molecule has 1 aromatic rings. The zero-order valence-electron chi connectivity index (χ0n) is 7.91. The fourth-order valence-corrected chi connectivity index (χ4v) is 1.40. The monoisotopic (exact) mass is 252 g/mol. The van der Waals surface area contributed by atoms with Crippen molar-refractivity contribution in [1.29, 1.82) is 5.26 Å². The molecule has 4 heteroatoms. The van der Waals surface area contributed by atoms with Crippen LogP contribution < -0.4 is 0 Å². The number of carbonyl (C=O) groups excluding carboxylic acids is 1. The van der Waals surface area contributed by atoms with Crippen molar-refractivity contribution in [2.75, 3.05) is 14.1 Å². The van der Waals surface area contributed by atoms with Gasteiger partial charge in [0.05, 0.1) is 17.2 Å². The number of hydrogen-bond donors (Lipinski definition) is 0. The quantitative estimate of drug-likeness (QED) is 0.768. The lowest BCUT2D eigenvalue weighted by Gasteiger charge is -2.11. The summed E-state index contributed by atoms with van der Waals surface area (Å²) < 4.78 is 0.796. The van der Waals surface area contributed by atoms with E-state index in [1.165, 1.54) is 4.90 Å². The fourth-order valence-electron chi connectivity index (χ4n) is 1.04. The summed E-state index contributed by atoms with van der Waals surface area (Å²) in [6, 6.07) is 7.02. The molecule has 0 bridgehead atoms. The Balaban J connectivity index is 3.23. The Morgan fingerprint density at radius 1 is 1.50 bits per heavy atom. The molecule has 0 fully saturated rings. The summed E-state index contributed by atoms with van der Waals surface area (Å²) in [6.07, 6.45) is 0. The molecule has 0 spiro atoms. The number of benzene rings is 1. The number of halogens is 1. The minimum atomic E-state index is -0.158. The second-order valence-corrected chi connectivity index (χ2v) is 3.92. The molecule has 1 amide bonds. The molecule has 0 aromatic heterocycles. The van der Waals surface area contributed by atoms with Gasteiger partial charge in [-0.25, -0.2) is 0 Å². The van der Waals surface area contributed by atoms with E-state index in [1.54, 1.807) is 32.3 Å². The Labute approximate surface area is 91.1 Å². The molecule has 72 valence electrons. The number of nitriles is 1. The number of nitrogens with zero attached hydrogens (tertiary/aromatic N) is 2. The zero-order valence-corrected chi connectivity index (χ0v) is 9.50. The van der Waals surface area contributed by atoms with Crippen molar-refractivity contribution in [1.82, 2.24) is 4.90 Å². The molecule has 14 heavy (non-hydrogen) atoms. The minimum absolute atomic E-state index is 0.158. The van der Waals surface area contributed by atoms with Crippen LogP contribution in [0.15, 0.2) is 22.7 Å². The van der Waals surface area contributed by atoms with E-state index in [1.807, 2.05) is 6.07 Å². The first kappa shape index (κ1) is 10.7. The molecule has 0 aliphatic rings. The van der Waals surface area contributed by atoms with Crippen molar-refractivity contribution < 1.29 is 4.79 Å². The third-order valence-corrected chi connectivity index (χ3v) is 2.23. The lowest BCUT2D eigenvalue weighted by molar-refractivity contribution is 0.0827. The highest BCUT2D eigenvalue weighted by Gasteiger charge is 2.12. The third-order valence-electron chi connectivity index (χ3n) is 1.74. The molecule has 0 aliphatic carbocycles. The molecule has 1 rings (SSSR count). The molecule has 0 heterocycles. The predicted octanol–water partition coefficient (Wildman–Crippen LogP) is 2.02. The van der Waals surface area contributed by atoms with Gasteiger partial charge < -0.3 is 4.90 Å². The van der Waals surface area contributed by atoms with Gasteiger partial charge in [0.25, 0.3) is 5.91 Å². The topological polar surface area (TPSA) is 44.1 Å². The summed E-state index contributed by atoms with van der Waals surface area (Å²) in [5, 5.41) is 8.83. The van der Waals surface area contributed by atoms with E-state index in [4.69, 9.17) is 5.26 Å². The molecule has 0 aliphatic heterocycles. The molecule has 0 saturated heterocycles. The highest BCUT2D eigenvalue weighted by atomic mass is 79.9. The van der Waals surface area contributed by atoms with Gasteiger partial charge in [-0.3, -0.25) is 4.79 Å². The number of carbonyl (C=O) groups is 1. The van der Waals surface area contributed by atoms with Crippen LogP contribution in [0.2, 0.25) is 0 Å². The Kier molecular flexibility index (Phi) is 3.26. The molecule has 0 N–H and O–H groups in total. The third kappa shape index (κ3) is 2.12. The first-order chi connectivity index (χ1) is 6.56. The lowest BCUT2D eigenvalue weighted by atomic mass is 10.1. The summed E-state index contributed by atoms with van der Waals surface area (Å²) in [5.74, 6) is -0.158. The van der Waals surface area contributed by atoms with E-state index in [2.05, 4.69) is 15.9 Å². The maximum atomic E-state index is 11.6. The van der Waals surface area contributed by atoms with Gasteiger partial charge >= 0.3 is 0 Å². The predicted molar refractivity (Wildman–Crippen MR) is 56.9 cm³/mol.